The van der Waals surface area contributed by atoms with Crippen LogP contribution in [0.4, 0.5) is 0 Å². The number of oxazole rings is 1. The van der Waals surface area contributed by atoms with Crippen LogP contribution in [0.2, 0.25) is 0 Å². The molecular weight excluding hydrogens is 272 g/mol. The summed E-state index contributed by atoms with van der Waals surface area (Å²) in [6, 6.07) is 6.49. The number of carboxylic acids is 1. The van der Waals surface area contributed by atoms with Gasteiger partial charge in [0.1, 0.15) is 11.6 Å². The topological polar surface area (TPSA) is 92.4 Å². The van der Waals surface area contributed by atoms with Gasteiger partial charge in [0.2, 0.25) is 5.91 Å². The van der Waals surface area contributed by atoms with Crippen LogP contribution >= 0.6 is 0 Å². The van der Waals surface area contributed by atoms with E-state index in [0.29, 0.717) is 17.9 Å². The number of para-hydroxylation sites is 2. The van der Waals surface area contributed by atoms with Crippen LogP contribution in [-0.4, -0.2) is 28.0 Å². The van der Waals surface area contributed by atoms with Crippen LogP contribution in [0.1, 0.15) is 26.2 Å². The summed E-state index contributed by atoms with van der Waals surface area (Å²) in [6.07, 6.45) is 0.480. The molecule has 1 aromatic carbocycles. The number of rotatable bonds is 6. The molecule has 0 aliphatic heterocycles. The Hall–Kier alpha value is -2.37. The number of carbonyl (C=O) groups is 2. The average Bonchev–Trinajstić information content (AvgIpc) is 2.84. The summed E-state index contributed by atoms with van der Waals surface area (Å²) < 4.78 is 5.51. The number of nitrogens with one attached hydrogen (secondary N) is 1. The molecule has 0 aliphatic rings. The lowest BCUT2D eigenvalue weighted by molar-refractivity contribution is -0.143. The first-order valence-corrected chi connectivity index (χ1v) is 6.84. The highest BCUT2D eigenvalue weighted by molar-refractivity contribution is 5.83. The number of fused-ring (bicyclic) bond motifs is 1. The van der Waals surface area contributed by atoms with Gasteiger partial charge in [-0.05, 0) is 18.1 Å². The lowest BCUT2D eigenvalue weighted by atomic mass is 10.0. The fourth-order valence-electron chi connectivity index (χ4n) is 2.01. The number of aromatic nitrogens is 1. The van der Waals surface area contributed by atoms with Crippen molar-refractivity contribution >= 4 is 23.0 Å². The number of carboxylic acid groups (broad SMARTS) is 1. The Morgan fingerprint density at radius 3 is 2.67 bits per heavy atom. The SMILES string of the molecule is CC(C)[C@H](NC(=O)CCc1nc2ccccc2o1)C(=O)O. The molecule has 0 spiro atoms. The Balaban J connectivity index is 1.93. The molecule has 0 saturated carbocycles. The van der Waals surface area contributed by atoms with Crippen LogP contribution in [0.3, 0.4) is 0 Å². The minimum atomic E-state index is -1.03. The van der Waals surface area contributed by atoms with Crippen molar-refractivity contribution in [2.24, 2.45) is 5.92 Å². The molecule has 0 unspecified atom stereocenters. The van der Waals surface area contributed by atoms with E-state index in [2.05, 4.69) is 10.3 Å². The van der Waals surface area contributed by atoms with E-state index < -0.39 is 12.0 Å². The lowest BCUT2D eigenvalue weighted by Gasteiger charge is -2.17. The Labute approximate surface area is 122 Å². The molecule has 0 bridgehead atoms. The second-order valence-electron chi connectivity index (χ2n) is 5.20. The van der Waals surface area contributed by atoms with Crippen LogP contribution in [0.25, 0.3) is 11.1 Å². The molecule has 1 atom stereocenters. The number of aliphatic carboxylic acids is 1. The summed E-state index contributed by atoms with van der Waals surface area (Å²) in [4.78, 5) is 27.1. The molecule has 2 N–H and O–H groups in total. The summed E-state index contributed by atoms with van der Waals surface area (Å²) in [5.41, 5.74) is 1.43. The maximum Gasteiger partial charge on any atom is 0.326 e. The molecule has 2 rings (SSSR count). The molecule has 1 heterocycles. The average molecular weight is 290 g/mol. The molecule has 0 fully saturated rings. The largest absolute Gasteiger partial charge is 0.480 e. The molecule has 6 nitrogen and oxygen atoms in total. The summed E-state index contributed by atoms with van der Waals surface area (Å²) in [5.74, 6) is -1.04. The third-order valence-electron chi connectivity index (χ3n) is 3.15. The number of amides is 1. The molecule has 1 amide bonds. The van der Waals surface area contributed by atoms with Crippen molar-refractivity contribution in [3.63, 3.8) is 0 Å². The van der Waals surface area contributed by atoms with Gasteiger partial charge in [0.05, 0.1) is 0 Å². The normalized spacial score (nSPS) is 12.5. The number of nitrogens with zero attached hydrogens (tertiary/aromatic N) is 1. The van der Waals surface area contributed by atoms with Gasteiger partial charge in [0.15, 0.2) is 11.5 Å². The molecule has 0 aliphatic carbocycles. The smallest absolute Gasteiger partial charge is 0.326 e. The second-order valence-corrected chi connectivity index (χ2v) is 5.20. The van der Waals surface area contributed by atoms with Crippen LogP contribution in [0.5, 0.6) is 0 Å². The molecule has 0 saturated heterocycles. The second kappa shape index (κ2) is 6.39. The van der Waals surface area contributed by atoms with Gasteiger partial charge in [-0.25, -0.2) is 9.78 Å². The maximum atomic E-state index is 11.8. The molecule has 112 valence electrons. The first-order valence-electron chi connectivity index (χ1n) is 6.84. The van der Waals surface area contributed by atoms with Crippen molar-refractivity contribution in [3.8, 4) is 0 Å². The van der Waals surface area contributed by atoms with Crippen molar-refractivity contribution in [2.45, 2.75) is 32.7 Å². The number of carbonyl (C=O) groups excluding carboxylic acids is 1. The Kier molecular flexibility index (Phi) is 4.57. The number of aryl methyl sites for hydroxylation is 1. The molecular formula is C15H18N2O4. The van der Waals surface area contributed by atoms with E-state index in [0.717, 1.165) is 5.52 Å². The molecule has 2 aromatic rings. The number of benzene rings is 1. The first kappa shape index (κ1) is 15.0. The van der Waals surface area contributed by atoms with Gasteiger partial charge in [-0.1, -0.05) is 26.0 Å². The maximum absolute atomic E-state index is 11.8. The number of hydrogen-bond acceptors (Lipinski definition) is 4. The predicted molar refractivity (Wildman–Crippen MR) is 76.7 cm³/mol. The van der Waals surface area contributed by atoms with E-state index in [1.165, 1.54) is 0 Å². The van der Waals surface area contributed by atoms with E-state index in [-0.39, 0.29) is 18.2 Å². The van der Waals surface area contributed by atoms with Crippen LogP contribution in [-0.2, 0) is 16.0 Å². The van der Waals surface area contributed by atoms with E-state index >= 15 is 0 Å². The predicted octanol–water partition coefficient (Wildman–Crippen LogP) is 1.99. The van der Waals surface area contributed by atoms with Gasteiger partial charge in [-0.3, -0.25) is 4.79 Å². The highest BCUT2D eigenvalue weighted by Gasteiger charge is 2.23. The van der Waals surface area contributed by atoms with Crippen LogP contribution < -0.4 is 5.32 Å². The van der Waals surface area contributed by atoms with Crippen molar-refractivity contribution in [1.29, 1.82) is 0 Å². The molecule has 21 heavy (non-hydrogen) atoms. The van der Waals surface area contributed by atoms with Crippen molar-refractivity contribution in [3.05, 3.63) is 30.2 Å². The van der Waals surface area contributed by atoms with E-state index in [1.807, 2.05) is 24.3 Å². The van der Waals surface area contributed by atoms with Crippen molar-refractivity contribution < 1.29 is 19.1 Å². The molecule has 0 radical (unpaired) electrons. The van der Waals surface area contributed by atoms with Gasteiger partial charge in [-0.2, -0.15) is 0 Å². The zero-order valence-corrected chi connectivity index (χ0v) is 12.0. The minimum absolute atomic E-state index is 0.142. The van der Waals surface area contributed by atoms with Gasteiger partial charge < -0.3 is 14.8 Å². The summed E-state index contributed by atoms with van der Waals surface area (Å²) in [5, 5.41) is 11.5. The van der Waals surface area contributed by atoms with Gasteiger partial charge in [-0.15, -0.1) is 0 Å². The monoisotopic (exact) mass is 290 g/mol. The van der Waals surface area contributed by atoms with Crippen LogP contribution in [0, 0.1) is 5.92 Å². The highest BCUT2D eigenvalue weighted by atomic mass is 16.4. The Morgan fingerprint density at radius 1 is 1.33 bits per heavy atom. The fraction of sp³-hybridized carbons (Fsp3) is 0.400. The van der Waals surface area contributed by atoms with Crippen molar-refractivity contribution in [1.82, 2.24) is 10.3 Å². The quantitative estimate of drug-likeness (QED) is 0.848. The molecule has 6 heteroatoms. The summed E-state index contributed by atoms with van der Waals surface area (Å²) >= 11 is 0. The molecule has 1 aromatic heterocycles. The summed E-state index contributed by atoms with van der Waals surface area (Å²) in [6.45, 7) is 3.50. The highest BCUT2D eigenvalue weighted by Crippen LogP contribution is 2.15. The third kappa shape index (κ3) is 3.81. The lowest BCUT2D eigenvalue weighted by Crippen LogP contribution is -2.44. The van der Waals surface area contributed by atoms with Crippen molar-refractivity contribution in [2.75, 3.05) is 0 Å². The van der Waals surface area contributed by atoms with E-state index in [1.54, 1.807) is 13.8 Å². The zero-order chi connectivity index (χ0) is 15.4. The standard InChI is InChI=1S/C15H18N2O4/c1-9(2)14(15(19)20)17-12(18)7-8-13-16-10-5-3-4-6-11(10)21-13/h3-6,9,14H,7-8H2,1-2H3,(H,17,18)(H,19,20)/t14-/m0/s1. The van der Waals surface area contributed by atoms with E-state index in [9.17, 15) is 9.59 Å². The van der Waals surface area contributed by atoms with Gasteiger partial charge >= 0.3 is 5.97 Å². The third-order valence-corrected chi connectivity index (χ3v) is 3.15. The summed E-state index contributed by atoms with van der Waals surface area (Å²) in [7, 11) is 0. The van der Waals surface area contributed by atoms with Gasteiger partial charge in [0, 0.05) is 12.8 Å². The Bertz CT molecular complexity index is 615. The zero-order valence-electron chi connectivity index (χ0n) is 12.0. The fourth-order valence-corrected chi connectivity index (χ4v) is 2.01. The van der Waals surface area contributed by atoms with E-state index in [4.69, 9.17) is 9.52 Å². The number of hydrogen-bond donors (Lipinski definition) is 2. The minimum Gasteiger partial charge on any atom is -0.480 e. The van der Waals surface area contributed by atoms with Crippen LogP contribution in [0.15, 0.2) is 28.7 Å². The first-order chi connectivity index (χ1) is 9.97. The Morgan fingerprint density at radius 2 is 2.05 bits per heavy atom. The van der Waals surface area contributed by atoms with Gasteiger partial charge in [0.25, 0.3) is 0 Å².